The molecule has 19 heavy (non-hydrogen) atoms. The Balaban J connectivity index is 0. The van der Waals surface area contributed by atoms with Crippen molar-refractivity contribution in [3.8, 4) is 0 Å². The van der Waals surface area contributed by atoms with Gasteiger partial charge in [0, 0.05) is 45.7 Å². The topological polar surface area (TPSA) is 169 Å². The molecule has 116 valence electrons. The van der Waals surface area contributed by atoms with E-state index in [9.17, 15) is 4.79 Å². The fourth-order valence-corrected chi connectivity index (χ4v) is 0.896. The van der Waals surface area contributed by atoms with Crippen molar-refractivity contribution >= 4 is 6.09 Å². The number of carbonyl (C=O) groups excluding carboxylic acids is 1. The van der Waals surface area contributed by atoms with E-state index in [2.05, 4.69) is 21.1 Å². The van der Waals surface area contributed by atoms with Crippen LogP contribution in [0.5, 0.6) is 0 Å². The summed E-state index contributed by atoms with van der Waals surface area (Å²) in [6, 6.07) is 0. The van der Waals surface area contributed by atoms with E-state index in [0.717, 1.165) is 26.2 Å². The molecule has 9 heteroatoms. The minimum atomic E-state index is -1.44. The standard InChI is InChI=1S/C6H18N4.C4H9NO4/c7-1-3-9-5-6-10-4-2-8;5-4(8)9-2-1-3(6)7/h9-10H,1-8H2;3,6-7H,1-2H2,(H2,5,8). The monoisotopic (exact) mass is 281 g/mol. The zero-order valence-electron chi connectivity index (χ0n) is 11.2. The quantitative estimate of drug-likeness (QED) is 0.163. The summed E-state index contributed by atoms with van der Waals surface area (Å²) in [7, 11) is 0. The third-order valence-electron chi connectivity index (χ3n) is 1.74. The Morgan fingerprint density at radius 1 is 1.05 bits per heavy atom. The molecule has 0 aromatic carbocycles. The molecule has 0 unspecified atom stereocenters. The third kappa shape index (κ3) is 26.6. The second kappa shape index (κ2) is 17.0. The molecular weight excluding hydrogens is 254 g/mol. The lowest BCUT2D eigenvalue weighted by Crippen LogP contribution is -2.32. The smallest absolute Gasteiger partial charge is 0.404 e. The minimum Gasteiger partial charge on any atom is -0.450 e. The van der Waals surface area contributed by atoms with Crippen LogP contribution in [0.4, 0.5) is 4.79 Å². The highest BCUT2D eigenvalue weighted by molar-refractivity contribution is 5.64. The Morgan fingerprint density at radius 2 is 1.53 bits per heavy atom. The highest BCUT2D eigenvalue weighted by atomic mass is 16.5. The van der Waals surface area contributed by atoms with Crippen LogP contribution in [0.3, 0.4) is 0 Å². The Morgan fingerprint density at radius 3 is 1.84 bits per heavy atom. The molecule has 0 saturated heterocycles. The van der Waals surface area contributed by atoms with E-state index >= 15 is 0 Å². The van der Waals surface area contributed by atoms with E-state index in [1.54, 1.807) is 0 Å². The summed E-state index contributed by atoms with van der Waals surface area (Å²) in [6.45, 7) is 5.07. The fourth-order valence-electron chi connectivity index (χ4n) is 0.896. The lowest BCUT2D eigenvalue weighted by molar-refractivity contribution is -0.0544. The average molecular weight is 281 g/mol. The summed E-state index contributed by atoms with van der Waals surface area (Å²) in [5.74, 6) is 0. The molecule has 1 amide bonds. The van der Waals surface area contributed by atoms with Crippen molar-refractivity contribution in [2.75, 3.05) is 45.9 Å². The molecule has 0 atom stereocenters. The number of hydrogen-bond acceptors (Lipinski definition) is 8. The molecule has 0 fully saturated rings. The fraction of sp³-hybridized carbons (Fsp3) is 0.900. The number of rotatable bonds is 10. The van der Waals surface area contributed by atoms with E-state index in [0.29, 0.717) is 13.1 Å². The maximum atomic E-state index is 9.82. The number of nitrogens with two attached hydrogens (primary N) is 3. The van der Waals surface area contributed by atoms with Gasteiger partial charge in [-0.2, -0.15) is 0 Å². The molecule has 0 bridgehead atoms. The van der Waals surface area contributed by atoms with Gasteiger partial charge >= 0.3 is 6.09 Å². The average Bonchev–Trinajstić information content (AvgIpc) is 2.33. The molecule has 0 radical (unpaired) electrons. The SMILES string of the molecule is NC(=O)OCCC(O)O.NCCNCCNCCN. The van der Waals surface area contributed by atoms with Crippen molar-refractivity contribution < 1.29 is 19.7 Å². The minimum absolute atomic E-state index is 0.0110. The zero-order chi connectivity index (χ0) is 14.9. The van der Waals surface area contributed by atoms with Crippen LogP contribution in [0.25, 0.3) is 0 Å². The van der Waals surface area contributed by atoms with Crippen LogP contribution in [-0.4, -0.2) is 68.5 Å². The molecule has 10 N–H and O–H groups in total. The molecule has 0 aromatic heterocycles. The summed E-state index contributed by atoms with van der Waals surface area (Å²) in [6.07, 6.45) is -2.36. The second-order valence-corrected chi connectivity index (χ2v) is 3.51. The largest absolute Gasteiger partial charge is 0.450 e. The van der Waals surface area contributed by atoms with Gasteiger partial charge in [0.25, 0.3) is 0 Å². The summed E-state index contributed by atoms with van der Waals surface area (Å²) in [5, 5.41) is 22.7. The lowest BCUT2D eigenvalue weighted by atomic mass is 10.4. The first-order valence-corrected chi connectivity index (χ1v) is 6.14. The van der Waals surface area contributed by atoms with Crippen molar-refractivity contribution in [3.63, 3.8) is 0 Å². The first-order chi connectivity index (χ1) is 9.04. The summed E-state index contributed by atoms with van der Waals surface area (Å²) >= 11 is 0. The van der Waals surface area contributed by atoms with Gasteiger partial charge in [-0.25, -0.2) is 4.79 Å². The Kier molecular flexibility index (Phi) is 18.2. The van der Waals surface area contributed by atoms with E-state index < -0.39 is 12.4 Å². The van der Waals surface area contributed by atoms with Crippen LogP contribution in [0, 0.1) is 0 Å². The number of hydrogen-bond donors (Lipinski definition) is 7. The number of ether oxygens (including phenoxy) is 1. The van der Waals surface area contributed by atoms with Gasteiger partial charge in [0.15, 0.2) is 6.29 Å². The van der Waals surface area contributed by atoms with Gasteiger partial charge in [0.05, 0.1) is 6.61 Å². The summed E-state index contributed by atoms with van der Waals surface area (Å²) in [5.41, 5.74) is 15.1. The second-order valence-electron chi connectivity index (χ2n) is 3.51. The van der Waals surface area contributed by atoms with Crippen LogP contribution in [0.15, 0.2) is 0 Å². The van der Waals surface area contributed by atoms with Gasteiger partial charge in [0.2, 0.25) is 0 Å². The summed E-state index contributed by atoms with van der Waals surface area (Å²) in [4.78, 5) is 9.82. The van der Waals surface area contributed by atoms with Crippen LogP contribution < -0.4 is 27.8 Å². The molecule has 0 aliphatic carbocycles. The number of aliphatic hydroxyl groups is 2. The molecule has 0 aliphatic rings. The lowest BCUT2D eigenvalue weighted by Gasteiger charge is -2.03. The molecule has 0 spiro atoms. The van der Waals surface area contributed by atoms with Crippen LogP contribution in [0.2, 0.25) is 0 Å². The highest BCUT2D eigenvalue weighted by Crippen LogP contribution is 1.85. The third-order valence-corrected chi connectivity index (χ3v) is 1.74. The van der Waals surface area contributed by atoms with Crippen LogP contribution in [-0.2, 0) is 4.74 Å². The summed E-state index contributed by atoms with van der Waals surface area (Å²) < 4.78 is 4.17. The number of aliphatic hydroxyl groups excluding tert-OH is 1. The van der Waals surface area contributed by atoms with Crippen LogP contribution in [0.1, 0.15) is 6.42 Å². The molecule has 0 rings (SSSR count). The predicted octanol–water partition coefficient (Wildman–Crippen LogP) is -3.13. The van der Waals surface area contributed by atoms with Gasteiger partial charge in [0.1, 0.15) is 0 Å². The maximum absolute atomic E-state index is 9.82. The number of primary amides is 1. The number of amides is 1. The van der Waals surface area contributed by atoms with Crippen molar-refractivity contribution in [2.45, 2.75) is 12.7 Å². The molecular formula is C10H27N5O4. The van der Waals surface area contributed by atoms with Gasteiger partial charge in [-0.05, 0) is 0 Å². The molecule has 0 heterocycles. The van der Waals surface area contributed by atoms with Gasteiger partial charge in [-0.3, -0.25) is 0 Å². The Labute approximate surface area is 113 Å². The zero-order valence-corrected chi connectivity index (χ0v) is 11.2. The van der Waals surface area contributed by atoms with Crippen molar-refractivity contribution in [1.29, 1.82) is 0 Å². The van der Waals surface area contributed by atoms with Gasteiger partial charge in [-0.15, -0.1) is 0 Å². The Bertz CT molecular complexity index is 187. The Hall–Kier alpha value is -0.970. The van der Waals surface area contributed by atoms with Crippen molar-refractivity contribution in [2.24, 2.45) is 17.2 Å². The molecule has 0 aromatic rings. The first kappa shape index (κ1) is 20.3. The van der Waals surface area contributed by atoms with Crippen molar-refractivity contribution in [3.05, 3.63) is 0 Å². The van der Waals surface area contributed by atoms with E-state index in [1.165, 1.54) is 0 Å². The van der Waals surface area contributed by atoms with E-state index in [-0.39, 0.29) is 13.0 Å². The molecule has 0 aliphatic heterocycles. The normalized spacial score (nSPS) is 9.95. The van der Waals surface area contributed by atoms with Gasteiger partial charge < -0.3 is 42.8 Å². The number of nitrogens with one attached hydrogen (secondary N) is 2. The predicted molar refractivity (Wildman–Crippen MR) is 72.2 cm³/mol. The molecule has 9 nitrogen and oxygen atoms in total. The van der Waals surface area contributed by atoms with Crippen LogP contribution >= 0.6 is 0 Å². The molecule has 0 saturated carbocycles. The number of carbonyl (C=O) groups is 1. The highest BCUT2D eigenvalue weighted by Gasteiger charge is 1.98. The van der Waals surface area contributed by atoms with Crippen molar-refractivity contribution in [1.82, 2.24) is 10.6 Å². The van der Waals surface area contributed by atoms with E-state index in [4.69, 9.17) is 21.7 Å². The van der Waals surface area contributed by atoms with Gasteiger partial charge in [-0.1, -0.05) is 0 Å². The van der Waals surface area contributed by atoms with E-state index in [1.807, 2.05) is 0 Å². The first-order valence-electron chi connectivity index (χ1n) is 6.14. The maximum Gasteiger partial charge on any atom is 0.404 e.